The number of hydrogen-bond donors (Lipinski definition) is 2. The summed E-state index contributed by atoms with van der Waals surface area (Å²) in [5, 5.41) is 7.98. The monoisotopic (exact) mass is 629 g/mol. The number of thioether (sulfide) groups is 1. The minimum absolute atomic E-state index is 0.0168. The highest BCUT2D eigenvalue weighted by Gasteiger charge is 2.28. The molecule has 0 bridgehead atoms. The van der Waals surface area contributed by atoms with Crippen molar-refractivity contribution < 1.29 is 9.59 Å². The number of para-hydroxylation sites is 1. The van der Waals surface area contributed by atoms with Crippen LogP contribution < -0.4 is 15.5 Å². The first kappa shape index (κ1) is 31.8. The number of hydrogen-bond acceptors (Lipinski definition) is 7. The molecule has 9 heteroatoms. The number of amides is 1. The maximum Gasteiger partial charge on any atom is 0.233 e. The van der Waals surface area contributed by atoms with Crippen molar-refractivity contribution in [2.45, 2.75) is 56.1 Å². The van der Waals surface area contributed by atoms with E-state index in [0.29, 0.717) is 28.2 Å². The minimum atomic E-state index is -0.477. The van der Waals surface area contributed by atoms with Gasteiger partial charge in [-0.1, -0.05) is 65.7 Å². The molecule has 0 aliphatic heterocycles. The van der Waals surface area contributed by atoms with Gasteiger partial charge >= 0.3 is 0 Å². The zero-order chi connectivity index (χ0) is 31.1. The fourth-order valence-electron chi connectivity index (χ4n) is 5.55. The highest BCUT2D eigenvalue weighted by molar-refractivity contribution is 7.99. The quantitative estimate of drug-likeness (QED) is 0.159. The minimum Gasteiger partial charge on any atom is -0.362 e. The normalized spacial score (nSPS) is 17.2. The Hall–Kier alpha value is -3.62. The summed E-state index contributed by atoms with van der Waals surface area (Å²) in [7, 11) is 3.99. The number of aromatic nitrogens is 2. The molecule has 1 aliphatic carbocycles. The van der Waals surface area contributed by atoms with Crippen LogP contribution in [0.3, 0.4) is 0 Å². The Kier molecular flexibility index (Phi) is 10.8. The van der Waals surface area contributed by atoms with Crippen LogP contribution in [0.1, 0.15) is 53.6 Å². The predicted molar refractivity (Wildman–Crippen MR) is 183 cm³/mol. The lowest BCUT2D eigenvalue weighted by Crippen LogP contribution is -2.43. The SMILES string of the molecule is Cc1ccc(C(=O)CC(SCc2ccc(Cl)cc2)C(=O)NC2CCC(CNc3nc(N(C)C)c4ccccc4n3)CC2)cc1. The number of ketones is 1. The van der Waals surface area contributed by atoms with E-state index in [-0.39, 0.29) is 24.2 Å². The van der Waals surface area contributed by atoms with Crippen LogP contribution in [0.4, 0.5) is 11.8 Å². The van der Waals surface area contributed by atoms with Crippen molar-refractivity contribution in [3.05, 3.63) is 94.5 Å². The van der Waals surface area contributed by atoms with Crippen molar-refractivity contribution in [1.82, 2.24) is 15.3 Å². The van der Waals surface area contributed by atoms with E-state index in [1.165, 1.54) is 11.8 Å². The molecular formula is C35H40ClN5O2S. The van der Waals surface area contributed by atoms with Crippen LogP contribution in [-0.4, -0.2) is 53.6 Å². The zero-order valence-corrected chi connectivity index (χ0v) is 27.1. The third kappa shape index (κ3) is 8.51. The fraction of sp³-hybridized carbons (Fsp3) is 0.371. The number of anilines is 2. The van der Waals surface area contributed by atoms with E-state index >= 15 is 0 Å². The van der Waals surface area contributed by atoms with Gasteiger partial charge < -0.3 is 15.5 Å². The molecule has 2 N–H and O–H groups in total. The lowest BCUT2D eigenvalue weighted by atomic mass is 9.86. The van der Waals surface area contributed by atoms with Crippen molar-refractivity contribution in [2.24, 2.45) is 5.92 Å². The van der Waals surface area contributed by atoms with Crippen LogP contribution in [-0.2, 0) is 10.5 Å². The molecule has 4 aromatic rings. The highest BCUT2D eigenvalue weighted by atomic mass is 35.5. The number of Topliss-reactive ketones (excluding diaryl/α,β-unsaturated/α-hetero) is 1. The molecule has 0 radical (unpaired) electrons. The Morgan fingerprint density at radius 1 is 0.955 bits per heavy atom. The average molecular weight is 630 g/mol. The second-order valence-corrected chi connectivity index (χ2v) is 13.4. The molecule has 0 spiro atoms. The molecule has 1 unspecified atom stereocenters. The molecule has 3 aromatic carbocycles. The Morgan fingerprint density at radius 2 is 1.66 bits per heavy atom. The number of rotatable bonds is 12. The summed E-state index contributed by atoms with van der Waals surface area (Å²) in [6.45, 7) is 2.78. The van der Waals surface area contributed by atoms with E-state index in [2.05, 4.69) is 10.6 Å². The van der Waals surface area contributed by atoms with Gasteiger partial charge in [-0.05, 0) is 68.4 Å². The van der Waals surface area contributed by atoms with Gasteiger partial charge in [0.2, 0.25) is 11.9 Å². The van der Waals surface area contributed by atoms with Gasteiger partial charge in [0.1, 0.15) is 5.82 Å². The van der Waals surface area contributed by atoms with Crippen LogP contribution in [0.2, 0.25) is 5.02 Å². The van der Waals surface area contributed by atoms with E-state index in [4.69, 9.17) is 21.6 Å². The number of aryl methyl sites for hydroxylation is 1. The smallest absolute Gasteiger partial charge is 0.233 e. The van der Waals surface area contributed by atoms with Gasteiger partial charge in [-0.3, -0.25) is 9.59 Å². The standard InChI is InChI=1S/C35H40ClN5O2S/c1-23-8-14-26(15-9-23)31(42)20-32(44-22-25-10-16-27(36)17-11-25)34(43)38-28-18-12-24(13-19-28)21-37-35-39-30-7-5-4-6-29(30)33(40-35)41(2)3/h4-11,14-17,24,28,32H,12-13,18-22H2,1-3H3,(H,38,43)(H,37,39,40). The van der Waals surface area contributed by atoms with Crippen LogP contribution in [0.15, 0.2) is 72.8 Å². The molecule has 44 heavy (non-hydrogen) atoms. The molecule has 1 aromatic heterocycles. The van der Waals surface area contributed by atoms with Crippen molar-refractivity contribution in [3.63, 3.8) is 0 Å². The van der Waals surface area contributed by atoms with Gasteiger partial charge in [0.15, 0.2) is 5.78 Å². The van der Waals surface area contributed by atoms with E-state index in [0.717, 1.165) is 60.1 Å². The summed E-state index contributed by atoms with van der Waals surface area (Å²) in [4.78, 5) is 38.2. The summed E-state index contributed by atoms with van der Waals surface area (Å²) in [6, 6.07) is 23.3. The van der Waals surface area contributed by atoms with E-state index in [1.54, 1.807) is 0 Å². The van der Waals surface area contributed by atoms with Crippen LogP contribution in [0.5, 0.6) is 0 Å². The zero-order valence-electron chi connectivity index (χ0n) is 25.6. The first-order valence-corrected chi connectivity index (χ1v) is 16.6. The first-order valence-electron chi connectivity index (χ1n) is 15.2. The molecule has 1 saturated carbocycles. The number of nitrogens with one attached hydrogen (secondary N) is 2. The van der Waals surface area contributed by atoms with Crippen LogP contribution in [0.25, 0.3) is 10.9 Å². The molecule has 7 nitrogen and oxygen atoms in total. The number of benzene rings is 3. The average Bonchev–Trinajstić information content (AvgIpc) is 3.03. The van der Waals surface area contributed by atoms with Gasteiger partial charge in [-0.15, -0.1) is 11.8 Å². The maximum atomic E-state index is 13.6. The Labute approximate surface area is 269 Å². The third-order valence-corrected chi connectivity index (χ3v) is 9.69. The largest absolute Gasteiger partial charge is 0.362 e. The Balaban J connectivity index is 1.16. The molecular weight excluding hydrogens is 590 g/mol. The van der Waals surface area contributed by atoms with Gasteiger partial charge in [0.25, 0.3) is 0 Å². The molecule has 230 valence electrons. The van der Waals surface area contributed by atoms with Gasteiger partial charge in [-0.25, -0.2) is 4.98 Å². The summed E-state index contributed by atoms with van der Waals surface area (Å²) in [6.07, 6.45) is 3.96. The summed E-state index contributed by atoms with van der Waals surface area (Å²) in [5.74, 6) is 2.56. The number of carbonyl (C=O) groups excluding carboxylic acids is 2. The first-order chi connectivity index (χ1) is 21.2. The lowest BCUT2D eigenvalue weighted by Gasteiger charge is -2.30. The third-order valence-electron chi connectivity index (χ3n) is 8.15. The maximum absolute atomic E-state index is 13.6. The number of nitrogens with zero attached hydrogens (tertiary/aromatic N) is 3. The van der Waals surface area contributed by atoms with Crippen molar-refractivity contribution in [1.29, 1.82) is 0 Å². The highest BCUT2D eigenvalue weighted by Crippen LogP contribution is 2.28. The second-order valence-electron chi connectivity index (χ2n) is 11.8. The molecule has 1 atom stereocenters. The Morgan fingerprint density at radius 3 is 2.36 bits per heavy atom. The van der Waals surface area contributed by atoms with Gasteiger partial charge in [0.05, 0.1) is 10.8 Å². The van der Waals surface area contributed by atoms with Gasteiger partial charge in [-0.2, -0.15) is 4.98 Å². The summed E-state index contributed by atoms with van der Waals surface area (Å²) in [5.41, 5.74) is 3.73. The lowest BCUT2D eigenvalue weighted by molar-refractivity contribution is -0.121. The molecule has 1 aliphatic rings. The van der Waals surface area contributed by atoms with Gasteiger partial charge in [0, 0.05) is 54.8 Å². The number of halogens is 1. The molecule has 1 fully saturated rings. The summed E-state index contributed by atoms with van der Waals surface area (Å²) >= 11 is 7.56. The van der Waals surface area contributed by atoms with E-state index in [1.807, 2.05) is 98.7 Å². The van der Waals surface area contributed by atoms with Crippen LogP contribution >= 0.6 is 23.4 Å². The number of carbonyl (C=O) groups is 2. The summed E-state index contributed by atoms with van der Waals surface area (Å²) < 4.78 is 0. The van der Waals surface area contributed by atoms with Crippen molar-refractivity contribution in [3.8, 4) is 0 Å². The van der Waals surface area contributed by atoms with Crippen molar-refractivity contribution in [2.75, 3.05) is 30.9 Å². The van der Waals surface area contributed by atoms with E-state index < -0.39 is 5.25 Å². The second kappa shape index (κ2) is 14.9. The topological polar surface area (TPSA) is 87.2 Å². The van der Waals surface area contributed by atoms with Crippen molar-refractivity contribution >= 4 is 57.7 Å². The van der Waals surface area contributed by atoms with E-state index in [9.17, 15) is 9.59 Å². The van der Waals surface area contributed by atoms with Crippen LogP contribution in [0, 0.1) is 12.8 Å². The molecule has 1 amide bonds. The number of fused-ring (bicyclic) bond motifs is 1. The fourth-order valence-corrected chi connectivity index (χ4v) is 6.75. The molecule has 0 saturated heterocycles. The predicted octanol–water partition coefficient (Wildman–Crippen LogP) is 7.32. The Bertz CT molecular complexity index is 1570. The molecule has 5 rings (SSSR count). The molecule has 1 heterocycles.